The summed E-state index contributed by atoms with van der Waals surface area (Å²) >= 11 is 0. The highest BCUT2D eigenvalue weighted by atomic mass is 19.4. The summed E-state index contributed by atoms with van der Waals surface area (Å²) in [5, 5.41) is 0. The van der Waals surface area contributed by atoms with E-state index in [-0.39, 0.29) is 5.70 Å². The molecular formula is C13H19F3N2. The average molecular weight is 260 g/mol. The first-order valence-electron chi connectivity index (χ1n) is 6.42. The van der Waals surface area contributed by atoms with E-state index in [1.54, 1.807) is 6.92 Å². The van der Waals surface area contributed by atoms with Gasteiger partial charge in [-0.3, -0.25) is 0 Å². The number of hydrogen-bond acceptors (Lipinski definition) is 2. The molecule has 18 heavy (non-hydrogen) atoms. The highest BCUT2D eigenvalue weighted by Gasteiger charge is 2.41. The van der Waals surface area contributed by atoms with E-state index in [1.807, 2.05) is 4.90 Å². The van der Waals surface area contributed by atoms with Crippen LogP contribution in [-0.2, 0) is 0 Å². The molecule has 0 aromatic rings. The fraction of sp³-hybridized carbons (Fsp3) is 0.692. The quantitative estimate of drug-likeness (QED) is 0.783. The number of piperidine rings is 1. The van der Waals surface area contributed by atoms with Crippen molar-refractivity contribution < 1.29 is 13.2 Å². The van der Waals surface area contributed by atoms with Crippen molar-refractivity contribution in [2.75, 3.05) is 13.1 Å². The van der Waals surface area contributed by atoms with Crippen molar-refractivity contribution in [3.05, 3.63) is 22.5 Å². The van der Waals surface area contributed by atoms with Gasteiger partial charge in [0.1, 0.15) is 0 Å². The molecule has 0 unspecified atom stereocenters. The number of hydrogen-bond donors (Lipinski definition) is 1. The second-order valence-electron chi connectivity index (χ2n) is 5.07. The van der Waals surface area contributed by atoms with Crippen LogP contribution in [0.4, 0.5) is 13.2 Å². The molecule has 1 saturated heterocycles. The van der Waals surface area contributed by atoms with Crippen LogP contribution >= 0.6 is 0 Å². The standard InChI is InChI=1S/C13H19F3N2/c1-9-5-6-10(17)12(11(9)13(14,15)16)18-7-3-2-4-8-18/h2-8,17H2,1H3. The molecule has 0 atom stereocenters. The second-order valence-corrected chi connectivity index (χ2v) is 5.07. The van der Waals surface area contributed by atoms with E-state index in [0.29, 0.717) is 37.2 Å². The number of likely N-dealkylation sites (tertiary alicyclic amines) is 1. The SMILES string of the molecule is CC1=C(C(F)(F)F)C(N2CCCCC2)=C(N)CC1. The van der Waals surface area contributed by atoms with E-state index in [0.717, 1.165) is 19.3 Å². The van der Waals surface area contributed by atoms with Crippen molar-refractivity contribution in [3.63, 3.8) is 0 Å². The van der Waals surface area contributed by atoms with Crippen LogP contribution in [0.5, 0.6) is 0 Å². The summed E-state index contributed by atoms with van der Waals surface area (Å²) in [6.45, 7) is 2.94. The van der Waals surface area contributed by atoms with Gasteiger partial charge in [-0.25, -0.2) is 0 Å². The van der Waals surface area contributed by atoms with Crippen molar-refractivity contribution in [1.29, 1.82) is 0 Å². The molecule has 1 heterocycles. The number of rotatable bonds is 1. The molecule has 1 aliphatic heterocycles. The fourth-order valence-corrected chi connectivity index (χ4v) is 2.78. The Balaban J connectivity index is 2.39. The molecule has 2 nitrogen and oxygen atoms in total. The van der Waals surface area contributed by atoms with E-state index in [2.05, 4.69) is 0 Å². The molecule has 2 rings (SSSR count). The van der Waals surface area contributed by atoms with Crippen LogP contribution in [0.25, 0.3) is 0 Å². The Hall–Kier alpha value is -1.13. The average Bonchev–Trinajstić information content (AvgIpc) is 2.31. The molecule has 2 aliphatic rings. The molecule has 102 valence electrons. The maximum atomic E-state index is 13.2. The van der Waals surface area contributed by atoms with Gasteiger partial charge < -0.3 is 10.6 Å². The normalized spacial score (nSPS) is 22.8. The number of nitrogens with two attached hydrogens (primary N) is 1. The van der Waals surface area contributed by atoms with Gasteiger partial charge in [-0.1, -0.05) is 5.57 Å². The highest BCUT2D eigenvalue weighted by Crippen LogP contribution is 2.41. The van der Waals surface area contributed by atoms with E-state index in [4.69, 9.17) is 5.73 Å². The predicted octanol–water partition coefficient (Wildman–Crippen LogP) is 3.32. The van der Waals surface area contributed by atoms with Crippen molar-refractivity contribution in [1.82, 2.24) is 4.90 Å². The zero-order valence-corrected chi connectivity index (χ0v) is 10.6. The molecule has 1 fully saturated rings. The number of allylic oxidation sites excluding steroid dienone is 3. The Labute approximate surface area is 105 Å². The van der Waals surface area contributed by atoms with Crippen molar-refractivity contribution in [3.8, 4) is 0 Å². The summed E-state index contributed by atoms with van der Waals surface area (Å²) in [5.41, 5.74) is 6.44. The summed E-state index contributed by atoms with van der Waals surface area (Å²) in [6.07, 6.45) is -0.368. The van der Waals surface area contributed by atoms with Gasteiger partial charge in [-0.2, -0.15) is 13.2 Å². The summed E-state index contributed by atoms with van der Waals surface area (Å²) < 4.78 is 39.6. The third-order valence-electron chi connectivity index (χ3n) is 3.69. The van der Waals surface area contributed by atoms with Gasteiger partial charge in [0.25, 0.3) is 0 Å². The van der Waals surface area contributed by atoms with Crippen molar-refractivity contribution >= 4 is 0 Å². The van der Waals surface area contributed by atoms with Crippen LogP contribution in [0.15, 0.2) is 22.5 Å². The number of alkyl halides is 3. The number of halogens is 3. The Morgan fingerprint density at radius 1 is 1.06 bits per heavy atom. The van der Waals surface area contributed by atoms with Crippen LogP contribution < -0.4 is 5.73 Å². The summed E-state index contributed by atoms with van der Waals surface area (Å²) in [7, 11) is 0. The van der Waals surface area contributed by atoms with Crippen LogP contribution in [-0.4, -0.2) is 24.2 Å². The summed E-state index contributed by atoms with van der Waals surface area (Å²) in [6, 6.07) is 0. The smallest absolute Gasteiger partial charge is 0.400 e. The van der Waals surface area contributed by atoms with Crippen LogP contribution in [0.1, 0.15) is 39.0 Å². The van der Waals surface area contributed by atoms with Gasteiger partial charge in [0.05, 0.1) is 11.3 Å². The molecule has 0 saturated carbocycles. The van der Waals surface area contributed by atoms with Gasteiger partial charge >= 0.3 is 6.18 Å². The van der Waals surface area contributed by atoms with Crippen molar-refractivity contribution in [2.45, 2.75) is 45.2 Å². The summed E-state index contributed by atoms with van der Waals surface area (Å²) in [5.74, 6) is 0. The minimum Gasteiger partial charge on any atom is -0.400 e. The Morgan fingerprint density at radius 3 is 2.22 bits per heavy atom. The first kappa shape index (κ1) is 13.3. The lowest BCUT2D eigenvalue weighted by molar-refractivity contribution is -0.0931. The van der Waals surface area contributed by atoms with Crippen LogP contribution in [0.3, 0.4) is 0 Å². The first-order chi connectivity index (χ1) is 8.41. The molecular weight excluding hydrogens is 241 g/mol. The highest BCUT2D eigenvalue weighted by molar-refractivity contribution is 5.43. The molecule has 0 bridgehead atoms. The predicted molar refractivity (Wildman–Crippen MR) is 64.6 cm³/mol. The molecule has 0 radical (unpaired) electrons. The molecule has 1 aliphatic carbocycles. The van der Waals surface area contributed by atoms with E-state index < -0.39 is 11.7 Å². The minimum absolute atomic E-state index is 0.256. The van der Waals surface area contributed by atoms with Gasteiger partial charge in [0, 0.05) is 18.8 Å². The molecule has 0 spiro atoms. The largest absolute Gasteiger partial charge is 0.418 e. The van der Waals surface area contributed by atoms with Gasteiger partial charge in [-0.15, -0.1) is 0 Å². The third kappa shape index (κ3) is 2.49. The second kappa shape index (κ2) is 4.86. The van der Waals surface area contributed by atoms with Gasteiger partial charge in [-0.05, 0) is 39.0 Å². The maximum absolute atomic E-state index is 13.2. The Kier molecular flexibility index (Phi) is 3.59. The van der Waals surface area contributed by atoms with E-state index in [9.17, 15) is 13.2 Å². The number of nitrogens with zero attached hydrogens (tertiary/aromatic N) is 1. The molecule has 5 heteroatoms. The fourth-order valence-electron chi connectivity index (χ4n) is 2.78. The molecule has 0 aromatic carbocycles. The Morgan fingerprint density at radius 2 is 1.67 bits per heavy atom. The van der Waals surface area contributed by atoms with Gasteiger partial charge in [0.15, 0.2) is 0 Å². The monoisotopic (exact) mass is 260 g/mol. The molecule has 2 N–H and O–H groups in total. The van der Waals surface area contributed by atoms with Gasteiger partial charge in [0.2, 0.25) is 0 Å². The maximum Gasteiger partial charge on any atom is 0.418 e. The lowest BCUT2D eigenvalue weighted by Gasteiger charge is -2.36. The minimum atomic E-state index is -4.30. The lowest BCUT2D eigenvalue weighted by Crippen LogP contribution is -2.36. The zero-order valence-electron chi connectivity index (χ0n) is 10.6. The summed E-state index contributed by atoms with van der Waals surface area (Å²) in [4.78, 5) is 1.82. The lowest BCUT2D eigenvalue weighted by atomic mass is 9.91. The van der Waals surface area contributed by atoms with Crippen LogP contribution in [0, 0.1) is 0 Å². The third-order valence-corrected chi connectivity index (χ3v) is 3.69. The molecule has 0 aromatic heterocycles. The topological polar surface area (TPSA) is 29.3 Å². The Bertz CT molecular complexity index is 388. The van der Waals surface area contributed by atoms with Crippen LogP contribution in [0.2, 0.25) is 0 Å². The van der Waals surface area contributed by atoms with Crippen molar-refractivity contribution in [2.24, 2.45) is 5.73 Å². The van der Waals surface area contributed by atoms with E-state index >= 15 is 0 Å². The molecule has 0 amide bonds. The zero-order chi connectivity index (χ0) is 13.3. The van der Waals surface area contributed by atoms with E-state index in [1.165, 1.54) is 0 Å². The first-order valence-corrected chi connectivity index (χ1v) is 6.42.